The minimum absolute atomic E-state index is 0.0416. The van der Waals surface area contributed by atoms with Crippen molar-refractivity contribution in [3.8, 4) is 11.5 Å². The highest BCUT2D eigenvalue weighted by Gasteiger charge is 2.43. The predicted octanol–water partition coefficient (Wildman–Crippen LogP) is 5.57. The number of aryl methyl sites for hydroxylation is 2. The molecule has 10 nitrogen and oxygen atoms in total. The van der Waals surface area contributed by atoms with E-state index in [9.17, 15) is 4.79 Å². The molecule has 10 heteroatoms. The quantitative estimate of drug-likeness (QED) is 0.275. The lowest BCUT2D eigenvalue weighted by Crippen LogP contribution is -2.45. The van der Waals surface area contributed by atoms with Crippen molar-refractivity contribution >= 4 is 39.6 Å². The molecule has 7 rings (SSSR count). The number of benzene rings is 1. The molecule has 1 aromatic carbocycles. The van der Waals surface area contributed by atoms with Crippen LogP contribution in [0.3, 0.4) is 0 Å². The van der Waals surface area contributed by atoms with Crippen LogP contribution in [0.15, 0.2) is 67.9 Å². The molecule has 0 saturated carbocycles. The van der Waals surface area contributed by atoms with Crippen LogP contribution < -0.4 is 10.1 Å². The van der Waals surface area contributed by atoms with Crippen molar-refractivity contribution in [1.82, 2.24) is 34.4 Å². The first-order valence-corrected chi connectivity index (χ1v) is 13.9. The number of hydrogen-bond donors (Lipinski definition) is 1. The molecule has 2 aliphatic heterocycles. The van der Waals surface area contributed by atoms with Crippen LogP contribution in [0.4, 0.5) is 11.5 Å². The molecular formula is C31H30N8O2. The average Bonchev–Trinajstić information content (AvgIpc) is 3.48. The minimum atomic E-state index is 0.0416. The third-order valence-electron chi connectivity index (χ3n) is 8.28. The van der Waals surface area contributed by atoms with Gasteiger partial charge in [0.25, 0.3) is 0 Å². The summed E-state index contributed by atoms with van der Waals surface area (Å²) in [5.74, 6) is 2.34. The van der Waals surface area contributed by atoms with Gasteiger partial charge in [0.15, 0.2) is 11.5 Å². The van der Waals surface area contributed by atoms with E-state index < -0.39 is 0 Å². The van der Waals surface area contributed by atoms with Crippen LogP contribution in [0.2, 0.25) is 0 Å². The number of carbonyl (C=O) groups is 1. The van der Waals surface area contributed by atoms with Gasteiger partial charge in [-0.3, -0.25) is 4.79 Å². The summed E-state index contributed by atoms with van der Waals surface area (Å²) < 4.78 is 8.00. The number of fused-ring (bicyclic) bond motifs is 4. The first-order valence-electron chi connectivity index (χ1n) is 13.9. The molecule has 41 heavy (non-hydrogen) atoms. The number of imidazole rings is 1. The fourth-order valence-corrected chi connectivity index (χ4v) is 6.32. The molecule has 206 valence electrons. The van der Waals surface area contributed by atoms with Gasteiger partial charge >= 0.3 is 0 Å². The second kappa shape index (κ2) is 9.96. The van der Waals surface area contributed by atoms with Crippen LogP contribution in [0, 0.1) is 6.92 Å². The van der Waals surface area contributed by atoms with Crippen LogP contribution in [0.1, 0.15) is 42.9 Å². The van der Waals surface area contributed by atoms with Gasteiger partial charge in [0.05, 0.1) is 18.0 Å². The third-order valence-corrected chi connectivity index (χ3v) is 8.28. The highest BCUT2D eigenvalue weighted by molar-refractivity contribution is 5.88. The average molecular weight is 547 g/mol. The van der Waals surface area contributed by atoms with Crippen LogP contribution >= 0.6 is 0 Å². The highest BCUT2D eigenvalue weighted by atomic mass is 16.5. The maximum absolute atomic E-state index is 12.4. The zero-order valence-corrected chi connectivity index (χ0v) is 23.0. The Labute approximate surface area is 237 Å². The fourth-order valence-electron chi connectivity index (χ4n) is 6.32. The molecule has 0 spiro atoms. The number of nitrogens with zero attached hydrogens (tertiary/aromatic N) is 7. The van der Waals surface area contributed by atoms with Gasteiger partial charge in [0.2, 0.25) is 5.91 Å². The van der Waals surface area contributed by atoms with Crippen LogP contribution in [-0.4, -0.2) is 52.4 Å². The van der Waals surface area contributed by atoms with E-state index in [0.29, 0.717) is 11.6 Å². The van der Waals surface area contributed by atoms with Gasteiger partial charge in [-0.1, -0.05) is 6.58 Å². The van der Waals surface area contributed by atoms with Crippen molar-refractivity contribution in [2.45, 2.75) is 50.6 Å². The van der Waals surface area contributed by atoms with Gasteiger partial charge in [-0.2, -0.15) is 0 Å². The summed E-state index contributed by atoms with van der Waals surface area (Å²) in [6, 6.07) is 12.4. The largest absolute Gasteiger partial charge is 0.455 e. The zero-order valence-electron chi connectivity index (χ0n) is 23.0. The van der Waals surface area contributed by atoms with Crippen LogP contribution in [-0.2, 0) is 11.8 Å². The molecule has 3 atom stereocenters. The summed E-state index contributed by atoms with van der Waals surface area (Å²) in [5.41, 5.74) is 5.96. The summed E-state index contributed by atoms with van der Waals surface area (Å²) in [6.45, 7) is 5.69. The number of nitrogens with one attached hydrogen (secondary N) is 1. The number of ether oxygens (including phenoxy) is 1. The molecule has 2 bridgehead atoms. The van der Waals surface area contributed by atoms with Gasteiger partial charge in [0.1, 0.15) is 28.9 Å². The smallest absolute Gasteiger partial charge is 0.246 e. The molecule has 0 radical (unpaired) electrons. The molecule has 1 N–H and O–H groups in total. The van der Waals surface area contributed by atoms with Gasteiger partial charge in [-0.25, -0.2) is 24.9 Å². The van der Waals surface area contributed by atoms with E-state index >= 15 is 0 Å². The monoisotopic (exact) mass is 546 g/mol. The Hall–Kier alpha value is -4.86. The number of pyridine rings is 2. The lowest BCUT2D eigenvalue weighted by atomic mass is 9.87. The molecule has 1 amide bonds. The SMILES string of the molecule is C=CC(=O)N1[C@@H]2CC[C@H]1C[C@@H](c1ccc3ncnc(Nc4ccc(Oc5cnc6c(c5)ncn6C)c(C)c4)c3n1)C2. The zero-order chi connectivity index (χ0) is 28.1. The second-order valence-electron chi connectivity index (χ2n) is 10.9. The Morgan fingerprint density at radius 2 is 1.88 bits per heavy atom. The first kappa shape index (κ1) is 25.1. The lowest BCUT2D eigenvalue weighted by molar-refractivity contribution is -0.130. The number of piperidine rings is 1. The maximum Gasteiger partial charge on any atom is 0.246 e. The Bertz CT molecular complexity index is 1800. The normalized spacial score (nSPS) is 20.0. The van der Waals surface area contributed by atoms with Crippen molar-refractivity contribution < 1.29 is 9.53 Å². The molecule has 4 aromatic heterocycles. The van der Waals surface area contributed by atoms with Gasteiger partial charge in [0, 0.05) is 42.5 Å². The number of aromatic nitrogens is 6. The third kappa shape index (κ3) is 4.55. The molecule has 5 aromatic rings. The minimum Gasteiger partial charge on any atom is -0.455 e. The standard InChI is InChI=1S/C31H30N8O2/c1-4-28(40)39-21-6-7-22(39)13-19(12-21)24-8-9-25-29(37-24)30(34-16-33-25)36-20-5-10-27(18(2)11-20)41-23-14-26-31(32-15-23)38(3)17-35-26/h4-5,8-11,14-17,19,21-22H,1,6-7,12-13H2,2-3H3,(H,33,34,36)/t19-,21+,22-. The van der Waals surface area contributed by atoms with E-state index in [2.05, 4.69) is 37.9 Å². The van der Waals surface area contributed by atoms with Crippen molar-refractivity contribution in [3.05, 3.63) is 79.2 Å². The Morgan fingerprint density at radius 3 is 2.66 bits per heavy atom. The van der Waals surface area contributed by atoms with Crippen molar-refractivity contribution in [3.63, 3.8) is 0 Å². The second-order valence-corrected chi connectivity index (χ2v) is 10.9. The van der Waals surface area contributed by atoms with E-state index in [1.807, 2.05) is 53.8 Å². The highest BCUT2D eigenvalue weighted by Crippen LogP contribution is 2.43. The lowest BCUT2D eigenvalue weighted by Gasteiger charge is -2.38. The molecule has 2 fully saturated rings. The summed E-state index contributed by atoms with van der Waals surface area (Å²) in [4.78, 5) is 37.3. The number of rotatable bonds is 6. The van der Waals surface area contributed by atoms with Gasteiger partial charge in [-0.05, 0) is 74.6 Å². The Balaban J connectivity index is 1.12. The summed E-state index contributed by atoms with van der Waals surface area (Å²) in [7, 11) is 1.91. The van der Waals surface area contributed by atoms with Crippen molar-refractivity contribution in [2.75, 3.05) is 5.32 Å². The number of amides is 1. The van der Waals surface area contributed by atoms with Crippen LogP contribution in [0.5, 0.6) is 11.5 Å². The van der Waals surface area contributed by atoms with E-state index in [4.69, 9.17) is 9.72 Å². The first-order chi connectivity index (χ1) is 20.0. The van der Waals surface area contributed by atoms with Gasteiger partial charge < -0.3 is 19.5 Å². The number of hydrogen-bond acceptors (Lipinski definition) is 8. The molecule has 2 aliphatic rings. The molecule has 0 unspecified atom stereocenters. The summed E-state index contributed by atoms with van der Waals surface area (Å²) in [5, 5.41) is 3.44. The van der Waals surface area contributed by atoms with E-state index in [1.165, 1.54) is 6.08 Å². The van der Waals surface area contributed by atoms with Gasteiger partial charge in [-0.15, -0.1) is 0 Å². The van der Waals surface area contributed by atoms with Crippen molar-refractivity contribution in [2.24, 2.45) is 7.05 Å². The fraction of sp³-hybridized carbons (Fsp3) is 0.290. The summed E-state index contributed by atoms with van der Waals surface area (Å²) >= 11 is 0. The van der Waals surface area contributed by atoms with Crippen molar-refractivity contribution in [1.29, 1.82) is 0 Å². The molecular weight excluding hydrogens is 516 g/mol. The summed E-state index contributed by atoms with van der Waals surface area (Å²) in [6.07, 6.45) is 10.3. The molecule has 6 heterocycles. The topological polar surface area (TPSA) is 111 Å². The Kier molecular flexibility index (Phi) is 6.10. The molecule has 0 aliphatic carbocycles. The van der Waals surface area contributed by atoms with E-state index in [-0.39, 0.29) is 23.9 Å². The number of carbonyl (C=O) groups excluding carboxylic acids is 1. The molecule has 2 saturated heterocycles. The number of anilines is 2. The predicted molar refractivity (Wildman–Crippen MR) is 156 cm³/mol. The van der Waals surface area contributed by atoms with E-state index in [1.54, 1.807) is 18.9 Å². The maximum atomic E-state index is 12.4. The van der Waals surface area contributed by atoms with Crippen LogP contribution in [0.25, 0.3) is 22.2 Å². The Morgan fingerprint density at radius 1 is 1.05 bits per heavy atom. The van der Waals surface area contributed by atoms with E-state index in [0.717, 1.165) is 70.6 Å².